The molecule has 0 unspecified atom stereocenters. The summed E-state index contributed by atoms with van der Waals surface area (Å²) in [6.45, 7) is 1.47. The fourth-order valence-electron chi connectivity index (χ4n) is 1.09. The van der Waals surface area contributed by atoms with E-state index in [2.05, 4.69) is 9.89 Å². The summed E-state index contributed by atoms with van der Waals surface area (Å²) < 4.78 is 0. The zero-order valence-corrected chi connectivity index (χ0v) is 8.09. The van der Waals surface area contributed by atoms with E-state index in [9.17, 15) is 0 Å². The molecular weight excluding hydrogens is 178 g/mol. The van der Waals surface area contributed by atoms with Gasteiger partial charge in [-0.15, -0.1) is 4.99 Å². The van der Waals surface area contributed by atoms with Gasteiger partial charge in [-0.1, -0.05) is 12.2 Å². The molecular formula is C9H13N5. The molecule has 0 fully saturated rings. The third-order valence-corrected chi connectivity index (χ3v) is 1.83. The minimum atomic E-state index is 0.232. The van der Waals surface area contributed by atoms with E-state index in [1.807, 2.05) is 24.4 Å². The number of rotatable bonds is 2. The monoisotopic (exact) mass is 191 g/mol. The average molecular weight is 191 g/mol. The van der Waals surface area contributed by atoms with Gasteiger partial charge < -0.3 is 15.5 Å². The van der Waals surface area contributed by atoms with Crippen LogP contribution >= 0.6 is 0 Å². The smallest absolute Gasteiger partial charge is 0.209 e. The molecule has 0 amide bonds. The molecule has 2 N–H and O–H groups in total. The SMILES string of the molecule is CN(CN1C=CC=CC1)C(N)=NC#N. The van der Waals surface area contributed by atoms with Crippen LogP contribution in [0.3, 0.4) is 0 Å². The first-order valence-corrected chi connectivity index (χ1v) is 4.25. The second kappa shape index (κ2) is 4.92. The summed E-state index contributed by atoms with van der Waals surface area (Å²) in [5.41, 5.74) is 5.53. The van der Waals surface area contributed by atoms with Crippen molar-refractivity contribution >= 4 is 5.96 Å². The van der Waals surface area contributed by atoms with Gasteiger partial charge >= 0.3 is 0 Å². The van der Waals surface area contributed by atoms with Crippen LogP contribution in [0.25, 0.3) is 0 Å². The predicted molar refractivity (Wildman–Crippen MR) is 54.9 cm³/mol. The van der Waals surface area contributed by atoms with Crippen LogP contribution in [0.1, 0.15) is 0 Å². The Morgan fingerprint density at radius 2 is 2.50 bits per heavy atom. The largest absolute Gasteiger partial charge is 0.369 e. The molecule has 1 aliphatic rings. The molecule has 0 aliphatic carbocycles. The number of nitrogens with two attached hydrogens (primary N) is 1. The maximum absolute atomic E-state index is 8.31. The Morgan fingerprint density at radius 3 is 3.07 bits per heavy atom. The summed E-state index contributed by atoms with van der Waals surface area (Å²) in [6.07, 6.45) is 9.61. The highest BCUT2D eigenvalue weighted by atomic mass is 15.3. The maximum Gasteiger partial charge on any atom is 0.209 e. The van der Waals surface area contributed by atoms with Crippen LogP contribution in [0.4, 0.5) is 0 Å². The molecule has 0 saturated carbocycles. The quantitative estimate of drug-likeness (QED) is 0.380. The summed E-state index contributed by atoms with van der Waals surface area (Å²) in [6, 6.07) is 0. The van der Waals surface area contributed by atoms with Gasteiger partial charge in [0.1, 0.15) is 0 Å². The Morgan fingerprint density at radius 1 is 1.71 bits per heavy atom. The molecule has 0 atom stereocenters. The molecule has 5 nitrogen and oxygen atoms in total. The lowest BCUT2D eigenvalue weighted by molar-refractivity contribution is 0.291. The molecule has 74 valence electrons. The number of nitriles is 1. The highest BCUT2D eigenvalue weighted by molar-refractivity contribution is 5.78. The fraction of sp³-hybridized carbons (Fsp3) is 0.333. The molecule has 14 heavy (non-hydrogen) atoms. The highest BCUT2D eigenvalue weighted by Gasteiger charge is 2.05. The van der Waals surface area contributed by atoms with Gasteiger partial charge in [-0.2, -0.15) is 5.26 Å². The Hall–Kier alpha value is -1.96. The van der Waals surface area contributed by atoms with Gasteiger partial charge in [-0.25, -0.2) is 0 Å². The summed E-state index contributed by atoms with van der Waals surface area (Å²) >= 11 is 0. The standard InChI is InChI=1S/C9H13N5/c1-13(9(11)12-7-10)8-14-5-3-2-4-6-14/h2-5H,6,8H2,1H3,(H2,11,12). The summed E-state index contributed by atoms with van der Waals surface area (Å²) in [7, 11) is 1.79. The Balaban J connectivity index is 2.45. The van der Waals surface area contributed by atoms with Gasteiger partial charge in [0, 0.05) is 19.8 Å². The van der Waals surface area contributed by atoms with Crippen molar-refractivity contribution in [2.75, 3.05) is 20.3 Å². The summed E-state index contributed by atoms with van der Waals surface area (Å²) in [5.74, 6) is 0.232. The average Bonchev–Trinajstić information content (AvgIpc) is 2.19. The van der Waals surface area contributed by atoms with Crippen molar-refractivity contribution in [3.05, 3.63) is 24.4 Å². The number of guanidine groups is 1. The molecule has 0 bridgehead atoms. The third-order valence-electron chi connectivity index (χ3n) is 1.83. The Kier molecular flexibility index (Phi) is 3.56. The third kappa shape index (κ3) is 2.83. The van der Waals surface area contributed by atoms with E-state index in [1.165, 1.54) is 0 Å². The van der Waals surface area contributed by atoms with E-state index >= 15 is 0 Å². The van der Waals surface area contributed by atoms with Gasteiger partial charge in [0.25, 0.3) is 0 Å². The van der Waals surface area contributed by atoms with Gasteiger partial charge in [0.05, 0.1) is 6.67 Å². The lowest BCUT2D eigenvalue weighted by Gasteiger charge is -2.27. The van der Waals surface area contributed by atoms with E-state index in [0.29, 0.717) is 6.67 Å². The van der Waals surface area contributed by atoms with Crippen molar-refractivity contribution in [2.45, 2.75) is 0 Å². The number of allylic oxidation sites excluding steroid dienone is 2. The lowest BCUT2D eigenvalue weighted by Crippen LogP contribution is -2.41. The van der Waals surface area contributed by atoms with Crippen LogP contribution in [0.15, 0.2) is 29.4 Å². The zero-order valence-electron chi connectivity index (χ0n) is 8.09. The van der Waals surface area contributed by atoms with E-state index in [0.717, 1.165) is 6.54 Å². The molecule has 0 aromatic heterocycles. The first kappa shape index (κ1) is 10.1. The number of aliphatic imine (C=N–C) groups is 1. The maximum atomic E-state index is 8.31. The van der Waals surface area contributed by atoms with E-state index < -0.39 is 0 Å². The fourth-order valence-corrected chi connectivity index (χ4v) is 1.09. The van der Waals surface area contributed by atoms with Crippen molar-refractivity contribution < 1.29 is 0 Å². The highest BCUT2D eigenvalue weighted by Crippen LogP contribution is 1.99. The molecule has 5 heteroatoms. The summed E-state index contributed by atoms with van der Waals surface area (Å²) in [5, 5.41) is 8.31. The molecule has 0 aromatic rings. The zero-order chi connectivity index (χ0) is 10.4. The topological polar surface area (TPSA) is 68.7 Å². The molecule has 0 aromatic carbocycles. The van der Waals surface area contributed by atoms with Crippen molar-refractivity contribution in [1.82, 2.24) is 9.80 Å². The molecule has 0 spiro atoms. The van der Waals surface area contributed by atoms with E-state index in [1.54, 1.807) is 18.1 Å². The van der Waals surface area contributed by atoms with Crippen LogP contribution in [0, 0.1) is 11.5 Å². The van der Waals surface area contributed by atoms with Gasteiger partial charge in [0.2, 0.25) is 12.2 Å². The normalized spacial score (nSPS) is 15.4. The van der Waals surface area contributed by atoms with Crippen LogP contribution < -0.4 is 5.73 Å². The predicted octanol–water partition coefficient (Wildman–Crippen LogP) is 0.0570. The Labute approximate surface area is 83.4 Å². The number of hydrogen-bond acceptors (Lipinski definition) is 3. The van der Waals surface area contributed by atoms with Crippen LogP contribution in [-0.2, 0) is 0 Å². The first-order valence-electron chi connectivity index (χ1n) is 4.25. The van der Waals surface area contributed by atoms with Crippen LogP contribution in [0.5, 0.6) is 0 Å². The van der Waals surface area contributed by atoms with E-state index in [-0.39, 0.29) is 5.96 Å². The number of nitrogens with zero attached hydrogens (tertiary/aromatic N) is 4. The van der Waals surface area contributed by atoms with Crippen LogP contribution in [-0.4, -0.2) is 36.0 Å². The minimum Gasteiger partial charge on any atom is -0.369 e. The Bertz CT molecular complexity index is 310. The molecule has 1 aliphatic heterocycles. The van der Waals surface area contributed by atoms with Crippen molar-refractivity contribution in [3.63, 3.8) is 0 Å². The van der Waals surface area contributed by atoms with Gasteiger partial charge in [-0.3, -0.25) is 0 Å². The second-order valence-corrected chi connectivity index (χ2v) is 2.95. The molecule has 1 rings (SSSR count). The molecule has 1 heterocycles. The summed E-state index contributed by atoms with van der Waals surface area (Å²) in [4.78, 5) is 7.22. The molecule has 0 radical (unpaired) electrons. The van der Waals surface area contributed by atoms with Gasteiger partial charge in [-0.05, 0) is 6.08 Å². The van der Waals surface area contributed by atoms with Crippen LogP contribution in [0.2, 0.25) is 0 Å². The van der Waals surface area contributed by atoms with Crippen molar-refractivity contribution in [1.29, 1.82) is 5.26 Å². The van der Waals surface area contributed by atoms with Crippen molar-refractivity contribution in [3.8, 4) is 6.19 Å². The number of hydrogen-bond donors (Lipinski definition) is 1. The van der Waals surface area contributed by atoms with Crippen molar-refractivity contribution in [2.24, 2.45) is 10.7 Å². The van der Waals surface area contributed by atoms with E-state index in [4.69, 9.17) is 11.0 Å². The van der Waals surface area contributed by atoms with Gasteiger partial charge in [0.15, 0.2) is 0 Å². The minimum absolute atomic E-state index is 0.232. The molecule has 0 saturated heterocycles. The lowest BCUT2D eigenvalue weighted by atomic mass is 10.4. The first-order chi connectivity index (χ1) is 6.74. The second-order valence-electron chi connectivity index (χ2n) is 2.95.